The van der Waals surface area contributed by atoms with Crippen molar-refractivity contribution in [2.75, 3.05) is 29.0 Å². The van der Waals surface area contributed by atoms with Crippen molar-refractivity contribution in [1.29, 1.82) is 0 Å². The standard InChI is InChI=1S/C16H21N4OP.C10H7F3N3O.K.H2O/c1-16(2)7-8-19(15(16)21)14-13(17)9-20(18-14)12-5-3-11(10-22)4-6-12;11-10(12,13)6-16-8-5-7(1-2-14-8)9-15-3-4-17-9;;/h3-6,9H,7-8,10,17,22H2,1-2H3;1-2,4-5H,6H2,(H,14,16);;1H2/q;-1;+1;/p-1. The molecule has 1 amide bonds. The van der Waals surface area contributed by atoms with E-state index in [1.807, 2.05) is 26.0 Å². The number of benzene rings is 1. The molecule has 1 aliphatic rings. The first kappa shape index (κ1) is 34.9. The summed E-state index contributed by atoms with van der Waals surface area (Å²) in [7, 11) is 2.70. The maximum Gasteiger partial charge on any atom is 1.00 e. The third kappa shape index (κ3) is 9.08. The summed E-state index contributed by atoms with van der Waals surface area (Å²) >= 11 is 0. The number of nitrogens with zero attached hydrogens (tertiary/aromatic N) is 5. The molecule has 1 aliphatic heterocycles. The van der Waals surface area contributed by atoms with Gasteiger partial charge in [0.25, 0.3) is 0 Å². The Morgan fingerprint density at radius 2 is 1.93 bits per heavy atom. The first-order chi connectivity index (χ1) is 18.5. The number of anilines is 3. The molecule has 0 bridgehead atoms. The topological polar surface area (TPSA) is 145 Å². The minimum absolute atomic E-state index is 0. The number of alkyl halides is 3. The number of halogens is 3. The fourth-order valence-electron chi connectivity index (χ4n) is 3.85. The van der Waals surface area contributed by atoms with Crippen molar-refractivity contribution in [1.82, 2.24) is 19.7 Å². The van der Waals surface area contributed by atoms with Crippen molar-refractivity contribution in [3.63, 3.8) is 0 Å². The van der Waals surface area contributed by atoms with Gasteiger partial charge in [0.05, 0.1) is 23.5 Å². The van der Waals surface area contributed by atoms with Crippen LogP contribution >= 0.6 is 9.24 Å². The summed E-state index contributed by atoms with van der Waals surface area (Å²) in [6, 6.07) is 11.1. The molecule has 41 heavy (non-hydrogen) atoms. The van der Waals surface area contributed by atoms with Crippen LogP contribution in [-0.2, 0) is 11.0 Å². The molecule has 4 heterocycles. The molecule has 15 heteroatoms. The number of nitrogens with one attached hydrogen (secondary N) is 1. The molecule has 4 N–H and O–H groups in total. The summed E-state index contributed by atoms with van der Waals surface area (Å²) in [6.45, 7) is 3.45. The quantitative estimate of drug-likeness (QED) is 0.191. The van der Waals surface area contributed by atoms with Crippen molar-refractivity contribution < 1.29 is 79.2 Å². The van der Waals surface area contributed by atoms with Crippen molar-refractivity contribution in [2.24, 2.45) is 5.41 Å². The molecule has 3 aromatic heterocycles. The van der Waals surface area contributed by atoms with E-state index in [1.165, 1.54) is 24.1 Å². The molecule has 10 nitrogen and oxygen atoms in total. The van der Waals surface area contributed by atoms with Gasteiger partial charge in [-0.3, -0.25) is 9.69 Å². The van der Waals surface area contributed by atoms with Crippen LogP contribution in [0, 0.1) is 11.6 Å². The fourth-order valence-corrected chi connectivity index (χ4v) is 4.12. The van der Waals surface area contributed by atoms with Crippen LogP contribution in [0.5, 0.6) is 0 Å². The summed E-state index contributed by atoms with van der Waals surface area (Å²) in [4.78, 5) is 21.7. The van der Waals surface area contributed by atoms with E-state index in [4.69, 9.17) is 10.2 Å². The molecule has 1 fully saturated rings. The first-order valence-electron chi connectivity index (χ1n) is 12.0. The monoisotopic (exact) mass is 614 g/mol. The van der Waals surface area contributed by atoms with Gasteiger partial charge in [-0.05, 0) is 54.2 Å². The number of carbonyl (C=O) groups is 1. The Morgan fingerprint density at radius 3 is 2.49 bits per heavy atom. The number of amides is 1. The van der Waals surface area contributed by atoms with E-state index in [1.54, 1.807) is 21.8 Å². The van der Waals surface area contributed by atoms with Crippen molar-refractivity contribution in [3.8, 4) is 17.1 Å². The zero-order valence-electron chi connectivity index (χ0n) is 22.8. The molecule has 1 atom stereocenters. The Balaban J connectivity index is 0.000000282. The van der Waals surface area contributed by atoms with E-state index in [9.17, 15) is 18.0 Å². The van der Waals surface area contributed by atoms with Crippen LogP contribution in [0.1, 0.15) is 25.8 Å². The fraction of sp³-hybridized carbons (Fsp3) is 0.308. The van der Waals surface area contributed by atoms with Crippen LogP contribution in [0.2, 0.25) is 0 Å². The van der Waals surface area contributed by atoms with Gasteiger partial charge in [0.15, 0.2) is 5.82 Å². The van der Waals surface area contributed by atoms with Gasteiger partial charge in [0.2, 0.25) is 5.91 Å². The molecule has 1 saturated heterocycles. The van der Waals surface area contributed by atoms with Gasteiger partial charge in [-0.1, -0.05) is 26.0 Å². The molecular weight excluding hydrogens is 585 g/mol. The number of hydrogen-bond donors (Lipinski definition) is 2. The van der Waals surface area contributed by atoms with Crippen LogP contribution in [0.25, 0.3) is 17.1 Å². The first-order valence-corrected chi connectivity index (χ1v) is 12.8. The smallest absolute Gasteiger partial charge is 0.870 e. The van der Waals surface area contributed by atoms with E-state index in [2.05, 4.69) is 48.0 Å². The van der Waals surface area contributed by atoms with E-state index in [0.717, 1.165) is 18.3 Å². The molecule has 0 spiro atoms. The van der Waals surface area contributed by atoms with Gasteiger partial charge in [-0.25, -0.2) is 9.67 Å². The average molecular weight is 615 g/mol. The zero-order valence-corrected chi connectivity index (χ0v) is 27.1. The second kappa shape index (κ2) is 14.7. The Morgan fingerprint density at radius 1 is 1.22 bits per heavy atom. The molecule has 5 rings (SSSR count). The molecule has 1 unspecified atom stereocenters. The number of oxazole rings is 1. The molecule has 4 aromatic rings. The van der Waals surface area contributed by atoms with Crippen molar-refractivity contribution in [2.45, 2.75) is 32.6 Å². The Labute approximate surface area is 280 Å². The predicted octanol–water partition coefficient (Wildman–Crippen LogP) is 1.93. The Hall–Kier alpha value is -2.32. The van der Waals surface area contributed by atoms with Gasteiger partial charge >= 0.3 is 57.6 Å². The number of pyridine rings is 1. The summed E-state index contributed by atoms with van der Waals surface area (Å²) in [5, 5.41) is 6.70. The minimum Gasteiger partial charge on any atom is -0.870 e. The SMILES string of the molecule is CC1(C)CCN(c2nn(-c3ccc(CP)cc3)cc2N)C1=O.FC(F)(F)CNc1cc(-c2n[c-]co2)ccn1.[K+].[OH-]. The Bertz CT molecular complexity index is 1410. The van der Waals surface area contributed by atoms with Gasteiger partial charge < -0.3 is 25.9 Å². The predicted molar refractivity (Wildman–Crippen MR) is 147 cm³/mol. The van der Waals surface area contributed by atoms with Gasteiger partial charge in [-0.15, -0.1) is 20.5 Å². The normalized spacial score (nSPS) is 14.0. The molecule has 0 radical (unpaired) electrons. The van der Waals surface area contributed by atoms with Gasteiger partial charge in [0.1, 0.15) is 12.4 Å². The van der Waals surface area contributed by atoms with E-state index in [-0.39, 0.29) is 79.9 Å². The number of aromatic nitrogens is 4. The molecule has 0 aliphatic carbocycles. The summed E-state index contributed by atoms with van der Waals surface area (Å²) in [5.41, 5.74) is 8.99. The summed E-state index contributed by atoms with van der Waals surface area (Å²) in [5.74, 6) is 1.04. The second-order valence-electron chi connectivity index (χ2n) is 9.49. The average Bonchev–Trinajstić information content (AvgIpc) is 3.64. The van der Waals surface area contributed by atoms with E-state index < -0.39 is 12.7 Å². The maximum atomic E-state index is 12.4. The van der Waals surface area contributed by atoms with Crippen LogP contribution in [0.15, 0.2) is 59.5 Å². The minimum atomic E-state index is -4.28. The third-order valence-corrected chi connectivity index (χ3v) is 6.54. The molecular formula is C26H29F3KN7O3P-. The second-order valence-corrected chi connectivity index (χ2v) is 9.90. The summed E-state index contributed by atoms with van der Waals surface area (Å²) < 4.78 is 42.7. The number of nitrogens with two attached hydrogens (primary N) is 1. The van der Waals surface area contributed by atoms with E-state index >= 15 is 0 Å². The number of carbonyl (C=O) groups excluding carboxylic acids is 1. The maximum absolute atomic E-state index is 12.4. The van der Waals surface area contributed by atoms with Crippen molar-refractivity contribution >= 4 is 32.5 Å². The third-order valence-electron chi connectivity index (χ3n) is 6.06. The van der Waals surface area contributed by atoms with Crippen LogP contribution < -0.4 is 67.3 Å². The van der Waals surface area contributed by atoms with E-state index in [0.29, 0.717) is 23.6 Å². The van der Waals surface area contributed by atoms with Crippen LogP contribution in [0.4, 0.5) is 30.5 Å². The molecule has 0 saturated carbocycles. The molecule has 1 aromatic carbocycles. The number of rotatable bonds is 6. The number of nitrogen functional groups attached to an aromatic ring is 1. The zero-order chi connectivity index (χ0) is 28.2. The van der Waals surface area contributed by atoms with Crippen molar-refractivity contribution in [3.05, 3.63) is 66.8 Å². The largest absolute Gasteiger partial charge is 1.00 e. The Kier molecular flexibility index (Phi) is 12.5. The molecule has 214 valence electrons. The van der Waals surface area contributed by atoms with Gasteiger partial charge in [0, 0.05) is 18.2 Å². The van der Waals surface area contributed by atoms with Gasteiger partial charge in [-0.2, -0.15) is 13.2 Å². The van der Waals surface area contributed by atoms with Crippen LogP contribution in [-0.4, -0.2) is 50.4 Å². The summed E-state index contributed by atoms with van der Waals surface area (Å²) in [6.07, 6.45) is 4.33. The number of hydrogen-bond acceptors (Lipinski definition) is 8. The van der Waals surface area contributed by atoms with Crippen LogP contribution in [0.3, 0.4) is 0 Å².